The average molecular weight is 239 g/mol. The first-order valence-corrected chi connectivity index (χ1v) is 6.69. The van der Waals surface area contributed by atoms with Gasteiger partial charge in [-0.3, -0.25) is 9.69 Å². The summed E-state index contributed by atoms with van der Waals surface area (Å²) in [5.41, 5.74) is 5.99. The van der Waals surface area contributed by atoms with E-state index in [-0.39, 0.29) is 11.3 Å². The van der Waals surface area contributed by atoms with E-state index in [9.17, 15) is 4.79 Å². The van der Waals surface area contributed by atoms with E-state index in [1.807, 2.05) is 11.9 Å². The van der Waals surface area contributed by atoms with Gasteiger partial charge in [-0.25, -0.2) is 0 Å². The topological polar surface area (TPSA) is 49.6 Å². The van der Waals surface area contributed by atoms with Gasteiger partial charge in [-0.05, 0) is 43.7 Å². The van der Waals surface area contributed by atoms with Gasteiger partial charge in [0.25, 0.3) is 0 Å². The molecule has 2 fully saturated rings. The van der Waals surface area contributed by atoms with Crippen LogP contribution in [0.3, 0.4) is 0 Å². The Morgan fingerprint density at radius 3 is 2.76 bits per heavy atom. The van der Waals surface area contributed by atoms with Gasteiger partial charge in [-0.2, -0.15) is 0 Å². The average Bonchev–Trinajstić information content (AvgIpc) is 3.02. The molecule has 0 aromatic heterocycles. The lowest BCUT2D eigenvalue weighted by atomic mass is 9.90. The van der Waals surface area contributed by atoms with Gasteiger partial charge in [0, 0.05) is 20.1 Å². The molecule has 1 unspecified atom stereocenters. The molecule has 1 heterocycles. The van der Waals surface area contributed by atoms with Crippen LogP contribution in [-0.2, 0) is 4.79 Å². The number of rotatable bonds is 5. The Labute approximate surface area is 104 Å². The first-order valence-electron chi connectivity index (χ1n) is 6.69. The van der Waals surface area contributed by atoms with Crippen LogP contribution in [0.4, 0.5) is 0 Å². The third-order valence-corrected chi connectivity index (χ3v) is 4.14. The number of carbonyl (C=O) groups excluding carboxylic acids is 1. The third kappa shape index (κ3) is 3.42. The Morgan fingerprint density at radius 2 is 2.24 bits per heavy atom. The van der Waals surface area contributed by atoms with Gasteiger partial charge in [0.05, 0.1) is 6.54 Å². The molecule has 0 radical (unpaired) electrons. The molecule has 4 nitrogen and oxygen atoms in total. The van der Waals surface area contributed by atoms with E-state index in [0.29, 0.717) is 6.54 Å². The van der Waals surface area contributed by atoms with Crippen LogP contribution in [0, 0.1) is 11.3 Å². The van der Waals surface area contributed by atoms with E-state index in [0.717, 1.165) is 38.5 Å². The molecule has 0 bridgehead atoms. The number of amides is 1. The summed E-state index contributed by atoms with van der Waals surface area (Å²) < 4.78 is 0. The SMILES string of the molecule is CN(CC1CC1)C(=O)CN1CCC(C)(CN)C1. The van der Waals surface area contributed by atoms with Crippen molar-refractivity contribution in [2.45, 2.75) is 26.2 Å². The van der Waals surface area contributed by atoms with Crippen LogP contribution in [0.25, 0.3) is 0 Å². The molecule has 1 amide bonds. The maximum absolute atomic E-state index is 12.0. The molecule has 2 aliphatic rings. The summed E-state index contributed by atoms with van der Waals surface area (Å²) in [6, 6.07) is 0. The molecule has 1 atom stereocenters. The highest BCUT2D eigenvalue weighted by atomic mass is 16.2. The first-order chi connectivity index (χ1) is 8.02. The highest BCUT2D eigenvalue weighted by Crippen LogP contribution is 2.30. The number of likely N-dealkylation sites (N-methyl/N-ethyl adjacent to an activating group) is 1. The number of likely N-dealkylation sites (tertiary alicyclic amines) is 1. The minimum Gasteiger partial charge on any atom is -0.344 e. The molecule has 17 heavy (non-hydrogen) atoms. The molecule has 0 spiro atoms. The van der Waals surface area contributed by atoms with Crippen molar-refractivity contribution < 1.29 is 4.79 Å². The lowest BCUT2D eigenvalue weighted by Gasteiger charge is -2.24. The van der Waals surface area contributed by atoms with Gasteiger partial charge in [0.1, 0.15) is 0 Å². The Balaban J connectivity index is 1.75. The highest BCUT2D eigenvalue weighted by molar-refractivity contribution is 5.78. The van der Waals surface area contributed by atoms with Gasteiger partial charge < -0.3 is 10.6 Å². The smallest absolute Gasteiger partial charge is 0.236 e. The van der Waals surface area contributed by atoms with E-state index in [1.54, 1.807) is 0 Å². The van der Waals surface area contributed by atoms with E-state index in [4.69, 9.17) is 5.73 Å². The van der Waals surface area contributed by atoms with Crippen LogP contribution in [0.2, 0.25) is 0 Å². The summed E-state index contributed by atoms with van der Waals surface area (Å²) in [6.45, 7) is 6.42. The number of nitrogens with two attached hydrogens (primary N) is 1. The molecular formula is C13H25N3O. The Morgan fingerprint density at radius 1 is 1.53 bits per heavy atom. The zero-order valence-electron chi connectivity index (χ0n) is 11.1. The maximum atomic E-state index is 12.0. The van der Waals surface area contributed by atoms with E-state index >= 15 is 0 Å². The summed E-state index contributed by atoms with van der Waals surface area (Å²) >= 11 is 0. The molecule has 4 heteroatoms. The fourth-order valence-corrected chi connectivity index (χ4v) is 2.53. The Hall–Kier alpha value is -0.610. The quantitative estimate of drug-likeness (QED) is 0.761. The van der Waals surface area contributed by atoms with Crippen molar-refractivity contribution in [3.8, 4) is 0 Å². The second-order valence-electron chi connectivity index (χ2n) is 6.19. The minimum absolute atomic E-state index is 0.218. The summed E-state index contributed by atoms with van der Waals surface area (Å²) in [7, 11) is 1.93. The summed E-state index contributed by atoms with van der Waals surface area (Å²) in [5, 5.41) is 0. The Kier molecular flexibility index (Phi) is 3.73. The third-order valence-electron chi connectivity index (χ3n) is 4.14. The largest absolute Gasteiger partial charge is 0.344 e. The number of hydrogen-bond acceptors (Lipinski definition) is 3. The second kappa shape index (κ2) is 4.94. The molecule has 1 saturated heterocycles. The van der Waals surface area contributed by atoms with Crippen molar-refractivity contribution >= 4 is 5.91 Å². The molecule has 1 aliphatic carbocycles. The monoisotopic (exact) mass is 239 g/mol. The number of hydrogen-bond donors (Lipinski definition) is 1. The van der Waals surface area contributed by atoms with Crippen molar-refractivity contribution in [3.05, 3.63) is 0 Å². The van der Waals surface area contributed by atoms with Crippen LogP contribution >= 0.6 is 0 Å². The zero-order valence-corrected chi connectivity index (χ0v) is 11.1. The zero-order chi connectivity index (χ0) is 12.5. The predicted octanol–water partition coefficient (Wildman–Crippen LogP) is 0.526. The van der Waals surface area contributed by atoms with Crippen molar-refractivity contribution in [1.29, 1.82) is 0 Å². The van der Waals surface area contributed by atoms with Crippen molar-refractivity contribution in [1.82, 2.24) is 9.80 Å². The minimum atomic E-state index is 0.218. The van der Waals surface area contributed by atoms with Gasteiger partial charge in [-0.1, -0.05) is 6.92 Å². The number of carbonyl (C=O) groups is 1. The molecule has 1 saturated carbocycles. The van der Waals surface area contributed by atoms with E-state index < -0.39 is 0 Å². The van der Waals surface area contributed by atoms with E-state index in [1.165, 1.54) is 12.8 Å². The van der Waals surface area contributed by atoms with Crippen LogP contribution < -0.4 is 5.73 Å². The Bertz CT molecular complexity index is 290. The molecular weight excluding hydrogens is 214 g/mol. The van der Waals surface area contributed by atoms with Crippen molar-refractivity contribution in [2.24, 2.45) is 17.1 Å². The van der Waals surface area contributed by atoms with Crippen LogP contribution in [0.5, 0.6) is 0 Å². The van der Waals surface area contributed by atoms with E-state index in [2.05, 4.69) is 11.8 Å². The molecule has 0 aromatic carbocycles. The predicted molar refractivity (Wildman–Crippen MR) is 68.6 cm³/mol. The van der Waals surface area contributed by atoms with Crippen molar-refractivity contribution in [2.75, 3.05) is 39.8 Å². The summed E-state index contributed by atoms with van der Waals surface area (Å²) in [5.74, 6) is 1.04. The maximum Gasteiger partial charge on any atom is 0.236 e. The van der Waals surface area contributed by atoms with Gasteiger partial charge in [0.2, 0.25) is 5.91 Å². The fourth-order valence-electron chi connectivity index (χ4n) is 2.53. The molecule has 2 N–H and O–H groups in total. The van der Waals surface area contributed by atoms with Crippen LogP contribution in [0.15, 0.2) is 0 Å². The lowest BCUT2D eigenvalue weighted by molar-refractivity contribution is -0.131. The van der Waals surface area contributed by atoms with Gasteiger partial charge in [0.15, 0.2) is 0 Å². The molecule has 1 aliphatic heterocycles. The summed E-state index contributed by atoms with van der Waals surface area (Å²) in [4.78, 5) is 16.2. The highest BCUT2D eigenvalue weighted by Gasteiger charge is 2.34. The van der Waals surface area contributed by atoms with Crippen LogP contribution in [0.1, 0.15) is 26.2 Å². The van der Waals surface area contributed by atoms with Gasteiger partial charge in [-0.15, -0.1) is 0 Å². The lowest BCUT2D eigenvalue weighted by Crippen LogP contribution is -2.39. The standard InChI is InChI=1S/C13H25N3O/c1-13(9-14)5-6-16(10-13)8-12(17)15(2)7-11-3-4-11/h11H,3-10,14H2,1-2H3. The summed E-state index contributed by atoms with van der Waals surface area (Å²) in [6.07, 6.45) is 3.71. The molecule has 2 rings (SSSR count). The first kappa shape index (κ1) is 12.8. The normalized spacial score (nSPS) is 29.6. The second-order valence-corrected chi connectivity index (χ2v) is 6.19. The fraction of sp³-hybridized carbons (Fsp3) is 0.923. The number of nitrogens with zero attached hydrogens (tertiary/aromatic N) is 2. The van der Waals surface area contributed by atoms with Crippen LogP contribution in [-0.4, -0.2) is 55.5 Å². The van der Waals surface area contributed by atoms with Gasteiger partial charge >= 0.3 is 0 Å². The van der Waals surface area contributed by atoms with Crippen molar-refractivity contribution in [3.63, 3.8) is 0 Å². The molecule has 98 valence electrons. The molecule has 0 aromatic rings.